The number of rotatable bonds is 3. The van der Waals surface area contributed by atoms with Gasteiger partial charge in [0.1, 0.15) is 0 Å². The van der Waals surface area contributed by atoms with Gasteiger partial charge in [0.2, 0.25) is 0 Å². The van der Waals surface area contributed by atoms with E-state index in [4.69, 9.17) is 0 Å². The maximum absolute atomic E-state index is 9.98. The summed E-state index contributed by atoms with van der Waals surface area (Å²) in [6.07, 6.45) is 3.17. The molecule has 0 amide bonds. The van der Waals surface area contributed by atoms with Crippen LogP contribution in [0.3, 0.4) is 0 Å². The molecule has 0 radical (unpaired) electrons. The van der Waals surface area contributed by atoms with Crippen molar-refractivity contribution in [3.05, 3.63) is 35.5 Å². The molecule has 22 heavy (non-hydrogen) atoms. The SMILES string of the molecule is CC(=O)/C=C(/C)[O-].CC(=O)/C=C(/C)[O-].CC(=O)/C=C(/C)[O-].[Y+3]. The van der Waals surface area contributed by atoms with E-state index in [0.717, 1.165) is 18.2 Å². The minimum Gasteiger partial charge on any atom is -0.876 e. The van der Waals surface area contributed by atoms with E-state index in [-0.39, 0.29) is 67.3 Å². The van der Waals surface area contributed by atoms with Gasteiger partial charge in [0.15, 0.2) is 17.3 Å². The third kappa shape index (κ3) is 51.1. The Morgan fingerprint density at radius 1 is 0.545 bits per heavy atom. The maximum Gasteiger partial charge on any atom is 3.00 e. The second kappa shape index (κ2) is 17.8. The first-order chi connectivity index (χ1) is 9.38. The van der Waals surface area contributed by atoms with Gasteiger partial charge < -0.3 is 15.3 Å². The largest absolute Gasteiger partial charge is 3.00 e. The Morgan fingerprint density at radius 3 is 0.682 bits per heavy atom. The molecule has 0 rings (SSSR count). The van der Waals surface area contributed by atoms with Crippen LogP contribution in [0.4, 0.5) is 0 Å². The Kier molecular flexibility index (Phi) is 23.3. The van der Waals surface area contributed by atoms with E-state index >= 15 is 0 Å². The van der Waals surface area contributed by atoms with Crippen molar-refractivity contribution >= 4 is 17.3 Å². The summed E-state index contributed by atoms with van der Waals surface area (Å²) >= 11 is 0. The van der Waals surface area contributed by atoms with Gasteiger partial charge in [-0.2, -0.15) is 0 Å². The van der Waals surface area contributed by atoms with Crippen LogP contribution < -0.4 is 15.3 Å². The molecule has 0 fully saturated rings. The minimum atomic E-state index is -0.187. The summed E-state index contributed by atoms with van der Waals surface area (Å²) in [5.41, 5.74) is 0. The van der Waals surface area contributed by atoms with Crippen molar-refractivity contribution in [2.24, 2.45) is 0 Å². The fraction of sp³-hybridized carbons (Fsp3) is 0.400. The van der Waals surface area contributed by atoms with Gasteiger partial charge in [-0.3, -0.25) is 14.4 Å². The fourth-order valence-electron chi connectivity index (χ4n) is 0.859. The Bertz CT molecular complexity index is 368. The second-order valence-electron chi connectivity index (χ2n) is 4.10. The Labute approximate surface area is 156 Å². The molecule has 0 aliphatic carbocycles. The molecule has 0 spiro atoms. The number of allylic oxidation sites excluding steroid dienone is 6. The predicted octanol–water partition coefficient (Wildman–Crippen LogP) is -0.484. The monoisotopic (exact) mass is 386 g/mol. The van der Waals surface area contributed by atoms with Crippen molar-refractivity contribution in [2.45, 2.75) is 41.5 Å². The molecule has 0 bridgehead atoms. The van der Waals surface area contributed by atoms with E-state index < -0.39 is 0 Å². The van der Waals surface area contributed by atoms with Gasteiger partial charge in [0, 0.05) is 0 Å². The molecular formula is C15H21O6Y. The average Bonchev–Trinajstić information content (AvgIpc) is 2.10. The van der Waals surface area contributed by atoms with E-state index in [1.165, 1.54) is 41.5 Å². The number of carbonyl (C=O) groups is 3. The third-order valence-electron chi connectivity index (χ3n) is 1.22. The molecule has 0 aliphatic rings. The van der Waals surface area contributed by atoms with E-state index in [1.54, 1.807) is 0 Å². The summed E-state index contributed by atoms with van der Waals surface area (Å²) < 4.78 is 0. The summed E-state index contributed by atoms with van der Waals surface area (Å²) in [6.45, 7) is 8.09. The van der Waals surface area contributed by atoms with Gasteiger partial charge in [0.25, 0.3) is 0 Å². The van der Waals surface area contributed by atoms with E-state index in [0.29, 0.717) is 0 Å². The quantitative estimate of drug-likeness (QED) is 0.477. The Balaban J connectivity index is -0.000000108. The van der Waals surface area contributed by atoms with E-state index in [9.17, 15) is 29.7 Å². The van der Waals surface area contributed by atoms with E-state index in [2.05, 4.69) is 0 Å². The van der Waals surface area contributed by atoms with Crippen molar-refractivity contribution in [1.29, 1.82) is 0 Å². The van der Waals surface area contributed by atoms with E-state index in [1.807, 2.05) is 0 Å². The van der Waals surface area contributed by atoms with Crippen LogP contribution in [-0.4, -0.2) is 17.3 Å². The number of hydrogen-bond acceptors (Lipinski definition) is 6. The van der Waals surface area contributed by atoms with Crippen molar-refractivity contribution in [3.63, 3.8) is 0 Å². The smallest absolute Gasteiger partial charge is 0.876 e. The van der Waals surface area contributed by atoms with Crippen molar-refractivity contribution < 1.29 is 62.4 Å². The van der Waals surface area contributed by atoms with Gasteiger partial charge in [0.05, 0.1) is 0 Å². The number of hydrogen-bond donors (Lipinski definition) is 0. The summed E-state index contributed by atoms with van der Waals surface area (Å²) in [4.78, 5) is 29.9. The summed E-state index contributed by atoms with van der Waals surface area (Å²) in [5, 5.41) is 29.9. The summed E-state index contributed by atoms with van der Waals surface area (Å²) in [6, 6.07) is 0. The van der Waals surface area contributed by atoms with Crippen molar-refractivity contribution in [1.82, 2.24) is 0 Å². The first-order valence-electron chi connectivity index (χ1n) is 5.96. The molecule has 7 heteroatoms. The van der Waals surface area contributed by atoms with Crippen LogP contribution in [0.2, 0.25) is 0 Å². The third-order valence-corrected chi connectivity index (χ3v) is 1.22. The van der Waals surface area contributed by atoms with Gasteiger partial charge in [-0.05, 0) is 39.0 Å². The van der Waals surface area contributed by atoms with Gasteiger partial charge in [-0.1, -0.05) is 20.8 Å². The van der Waals surface area contributed by atoms with Crippen LogP contribution in [0.15, 0.2) is 35.5 Å². The standard InChI is InChI=1S/3C5H8O2.Y/c3*1-4(6)3-5(2)7;/h3*3,6H,1-2H3;/q;;;+3/p-3/b3*4-3-;. The fourth-order valence-corrected chi connectivity index (χ4v) is 0.859. The second-order valence-corrected chi connectivity index (χ2v) is 4.10. The average molecular weight is 386 g/mol. The number of carbonyl (C=O) groups excluding carboxylic acids is 3. The molecule has 0 N–H and O–H groups in total. The zero-order chi connectivity index (χ0) is 17.6. The van der Waals surface area contributed by atoms with Gasteiger partial charge in [-0.15, -0.1) is 17.3 Å². The molecular weight excluding hydrogens is 365 g/mol. The van der Waals surface area contributed by atoms with Crippen LogP contribution >= 0.6 is 0 Å². The Hall–Kier alpha value is -1.27. The number of ketones is 3. The molecule has 0 saturated heterocycles. The predicted molar refractivity (Wildman–Crippen MR) is 73.3 cm³/mol. The zero-order valence-electron chi connectivity index (χ0n) is 13.8. The Morgan fingerprint density at radius 2 is 0.682 bits per heavy atom. The van der Waals surface area contributed by atoms with Crippen LogP contribution in [0.1, 0.15) is 41.5 Å². The zero-order valence-corrected chi connectivity index (χ0v) is 16.6. The minimum absolute atomic E-state index is 0. The summed E-state index contributed by atoms with van der Waals surface area (Å²) in [7, 11) is 0. The van der Waals surface area contributed by atoms with Crippen LogP contribution in [0, 0.1) is 0 Å². The first kappa shape index (κ1) is 28.8. The topological polar surface area (TPSA) is 120 Å². The normalized spacial score (nSPS) is 10.9. The molecule has 0 heterocycles. The molecule has 0 aromatic rings. The molecule has 0 unspecified atom stereocenters. The molecule has 0 saturated carbocycles. The summed E-state index contributed by atoms with van der Waals surface area (Å²) in [5.74, 6) is -1.12. The van der Waals surface area contributed by atoms with Crippen molar-refractivity contribution in [3.8, 4) is 0 Å². The molecule has 0 aromatic carbocycles. The van der Waals surface area contributed by atoms with Crippen molar-refractivity contribution in [2.75, 3.05) is 0 Å². The first-order valence-corrected chi connectivity index (χ1v) is 5.96. The van der Waals surface area contributed by atoms with Crippen LogP contribution in [0.25, 0.3) is 0 Å². The van der Waals surface area contributed by atoms with Crippen LogP contribution in [0.5, 0.6) is 0 Å². The molecule has 0 atom stereocenters. The molecule has 6 nitrogen and oxygen atoms in total. The molecule has 120 valence electrons. The van der Waals surface area contributed by atoms with Crippen LogP contribution in [-0.2, 0) is 47.1 Å². The molecule has 0 aliphatic heterocycles. The maximum atomic E-state index is 9.98. The van der Waals surface area contributed by atoms with Gasteiger partial charge in [-0.25, -0.2) is 0 Å². The molecule has 0 aromatic heterocycles. The van der Waals surface area contributed by atoms with Gasteiger partial charge >= 0.3 is 32.7 Å².